The average molecular weight is 423 g/mol. The Bertz CT molecular complexity index is 1170. The SMILES string of the molecule is Oc1cccc(-c2cc(-c3ccccc3OC(F)(F)F)cc(-c3cccc(O)c3)n2)c1. The fourth-order valence-electron chi connectivity index (χ4n) is 3.23. The number of hydrogen-bond donors (Lipinski definition) is 2. The second-order valence-corrected chi connectivity index (χ2v) is 6.77. The summed E-state index contributed by atoms with van der Waals surface area (Å²) in [6.45, 7) is 0. The number of ether oxygens (including phenoxy) is 1. The van der Waals surface area contributed by atoms with Crippen LogP contribution in [0.4, 0.5) is 13.2 Å². The molecule has 4 aromatic rings. The van der Waals surface area contributed by atoms with Crippen LogP contribution in [0.25, 0.3) is 33.6 Å². The lowest BCUT2D eigenvalue weighted by atomic mass is 9.99. The molecule has 0 bridgehead atoms. The van der Waals surface area contributed by atoms with Gasteiger partial charge in [0.1, 0.15) is 17.2 Å². The van der Waals surface area contributed by atoms with Crippen molar-refractivity contribution in [3.8, 4) is 50.9 Å². The number of aromatic hydroxyl groups is 2. The van der Waals surface area contributed by atoms with Crippen LogP contribution in [0.1, 0.15) is 0 Å². The van der Waals surface area contributed by atoms with Crippen LogP contribution in [0.5, 0.6) is 17.2 Å². The molecule has 7 heteroatoms. The highest BCUT2D eigenvalue weighted by Gasteiger charge is 2.32. The van der Waals surface area contributed by atoms with E-state index in [4.69, 9.17) is 0 Å². The van der Waals surface area contributed by atoms with E-state index in [-0.39, 0.29) is 22.8 Å². The first-order chi connectivity index (χ1) is 14.8. The molecular weight excluding hydrogens is 407 g/mol. The van der Waals surface area contributed by atoms with E-state index >= 15 is 0 Å². The van der Waals surface area contributed by atoms with E-state index in [1.165, 1.54) is 42.5 Å². The van der Waals surface area contributed by atoms with E-state index < -0.39 is 6.36 Å². The van der Waals surface area contributed by atoms with Gasteiger partial charge in [-0.3, -0.25) is 0 Å². The first-order valence-electron chi connectivity index (χ1n) is 9.24. The normalized spacial score (nSPS) is 11.3. The van der Waals surface area contributed by atoms with Crippen molar-refractivity contribution < 1.29 is 28.1 Å². The van der Waals surface area contributed by atoms with Crippen LogP contribution >= 0.6 is 0 Å². The second-order valence-electron chi connectivity index (χ2n) is 6.77. The molecule has 2 N–H and O–H groups in total. The van der Waals surface area contributed by atoms with Crippen molar-refractivity contribution in [3.63, 3.8) is 0 Å². The molecule has 0 aliphatic rings. The molecule has 0 saturated heterocycles. The third-order valence-corrected chi connectivity index (χ3v) is 4.53. The Morgan fingerprint density at radius 2 is 1.19 bits per heavy atom. The Morgan fingerprint density at radius 1 is 0.645 bits per heavy atom. The summed E-state index contributed by atoms with van der Waals surface area (Å²) >= 11 is 0. The summed E-state index contributed by atoms with van der Waals surface area (Å²) in [7, 11) is 0. The quantitative estimate of drug-likeness (QED) is 0.399. The van der Waals surface area contributed by atoms with Gasteiger partial charge >= 0.3 is 6.36 Å². The molecule has 1 heterocycles. The van der Waals surface area contributed by atoms with Crippen molar-refractivity contribution in [1.29, 1.82) is 0 Å². The second kappa shape index (κ2) is 8.02. The standard InChI is InChI=1S/C24H16F3NO3/c25-24(26,27)31-23-10-2-1-9-20(23)17-13-21(15-5-3-7-18(29)11-15)28-22(14-17)16-6-4-8-19(30)12-16/h1-14,29-30H. The minimum absolute atomic E-state index is 0.0319. The molecule has 156 valence electrons. The summed E-state index contributed by atoms with van der Waals surface area (Å²) in [6.07, 6.45) is -4.84. The molecule has 0 aliphatic carbocycles. The molecule has 0 atom stereocenters. The molecular formula is C24H16F3NO3. The van der Waals surface area contributed by atoms with Gasteiger partial charge in [-0.2, -0.15) is 0 Å². The first-order valence-corrected chi connectivity index (χ1v) is 9.24. The zero-order valence-electron chi connectivity index (χ0n) is 16.0. The number of nitrogens with zero attached hydrogens (tertiary/aromatic N) is 1. The summed E-state index contributed by atoms with van der Waals surface area (Å²) in [5.41, 5.74) is 2.70. The van der Waals surface area contributed by atoms with Crippen molar-refractivity contribution in [3.05, 3.63) is 84.9 Å². The van der Waals surface area contributed by atoms with Crippen LogP contribution < -0.4 is 4.74 Å². The third-order valence-electron chi connectivity index (χ3n) is 4.53. The molecule has 3 aromatic carbocycles. The molecule has 1 aromatic heterocycles. The highest BCUT2D eigenvalue weighted by atomic mass is 19.4. The number of benzene rings is 3. The Labute approximate surface area is 175 Å². The minimum atomic E-state index is -4.84. The number of para-hydroxylation sites is 1. The van der Waals surface area contributed by atoms with Gasteiger partial charge in [-0.05, 0) is 48.0 Å². The van der Waals surface area contributed by atoms with Crippen molar-refractivity contribution >= 4 is 0 Å². The number of halogens is 3. The molecule has 31 heavy (non-hydrogen) atoms. The highest BCUT2D eigenvalue weighted by Crippen LogP contribution is 2.37. The van der Waals surface area contributed by atoms with Gasteiger partial charge < -0.3 is 14.9 Å². The molecule has 0 unspecified atom stereocenters. The van der Waals surface area contributed by atoms with Gasteiger partial charge in [0.2, 0.25) is 0 Å². The lowest BCUT2D eigenvalue weighted by Crippen LogP contribution is -2.17. The smallest absolute Gasteiger partial charge is 0.508 e. The van der Waals surface area contributed by atoms with Crippen LogP contribution in [0.3, 0.4) is 0 Å². The lowest BCUT2D eigenvalue weighted by molar-refractivity contribution is -0.274. The molecule has 0 spiro atoms. The number of pyridine rings is 1. The summed E-state index contributed by atoms with van der Waals surface area (Å²) in [6, 6.07) is 21.9. The molecule has 0 radical (unpaired) electrons. The Hall–Kier alpha value is -4.00. The highest BCUT2D eigenvalue weighted by molar-refractivity contribution is 5.79. The summed E-state index contributed by atoms with van der Waals surface area (Å²) in [5, 5.41) is 19.7. The average Bonchev–Trinajstić information content (AvgIpc) is 2.73. The van der Waals surface area contributed by atoms with Gasteiger partial charge in [0.15, 0.2) is 0 Å². The molecule has 4 nitrogen and oxygen atoms in total. The fraction of sp³-hybridized carbons (Fsp3) is 0.0417. The van der Waals surface area contributed by atoms with Gasteiger partial charge in [0.05, 0.1) is 11.4 Å². The van der Waals surface area contributed by atoms with Crippen LogP contribution in [0.2, 0.25) is 0 Å². The van der Waals surface area contributed by atoms with E-state index in [2.05, 4.69) is 9.72 Å². The van der Waals surface area contributed by atoms with E-state index in [0.717, 1.165) is 0 Å². The van der Waals surface area contributed by atoms with Crippen molar-refractivity contribution in [2.24, 2.45) is 0 Å². The number of hydrogen-bond acceptors (Lipinski definition) is 4. The monoisotopic (exact) mass is 423 g/mol. The maximum atomic E-state index is 12.9. The Balaban J connectivity index is 1.93. The first kappa shape index (κ1) is 20.3. The van der Waals surface area contributed by atoms with Gasteiger partial charge in [0.25, 0.3) is 0 Å². The van der Waals surface area contributed by atoms with Gasteiger partial charge in [-0.1, -0.05) is 42.5 Å². The predicted molar refractivity (Wildman–Crippen MR) is 111 cm³/mol. The Morgan fingerprint density at radius 3 is 1.71 bits per heavy atom. The largest absolute Gasteiger partial charge is 0.573 e. The topological polar surface area (TPSA) is 62.6 Å². The number of phenols is 2. The van der Waals surface area contributed by atoms with Gasteiger partial charge in [0, 0.05) is 16.7 Å². The van der Waals surface area contributed by atoms with E-state index in [1.807, 2.05) is 0 Å². The molecule has 0 aliphatic heterocycles. The van der Waals surface area contributed by atoms with Crippen LogP contribution in [-0.2, 0) is 0 Å². The van der Waals surface area contributed by atoms with E-state index in [1.54, 1.807) is 42.5 Å². The number of aromatic nitrogens is 1. The van der Waals surface area contributed by atoms with Crippen LogP contribution in [0, 0.1) is 0 Å². The number of alkyl halides is 3. The molecule has 4 rings (SSSR count). The molecule has 0 amide bonds. The van der Waals surface area contributed by atoms with Crippen LogP contribution in [-0.4, -0.2) is 21.6 Å². The zero-order valence-corrected chi connectivity index (χ0v) is 16.0. The lowest BCUT2D eigenvalue weighted by Gasteiger charge is -2.15. The third kappa shape index (κ3) is 4.78. The maximum Gasteiger partial charge on any atom is 0.573 e. The molecule has 0 saturated carbocycles. The van der Waals surface area contributed by atoms with Crippen molar-refractivity contribution in [2.45, 2.75) is 6.36 Å². The predicted octanol–water partition coefficient (Wildman–Crippen LogP) is 6.39. The van der Waals surface area contributed by atoms with Crippen molar-refractivity contribution in [1.82, 2.24) is 4.98 Å². The van der Waals surface area contributed by atoms with Gasteiger partial charge in [-0.25, -0.2) is 4.98 Å². The zero-order chi connectivity index (χ0) is 22.0. The number of phenolic OH excluding ortho intramolecular Hbond substituents is 2. The Kier molecular flexibility index (Phi) is 5.25. The fourth-order valence-corrected chi connectivity index (χ4v) is 3.23. The molecule has 0 fully saturated rings. The summed E-state index contributed by atoms with van der Waals surface area (Å²) in [4.78, 5) is 4.60. The van der Waals surface area contributed by atoms with Gasteiger partial charge in [-0.15, -0.1) is 13.2 Å². The van der Waals surface area contributed by atoms with Crippen LogP contribution in [0.15, 0.2) is 84.9 Å². The minimum Gasteiger partial charge on any atom is -0.508 e. The van der Waals surface area contributed by atoms with E-state index in [9.17, 15) is 23.4 Å². The summed E-state index contributed by atoms with van der Waals surface area (Å²) in [5.74, 6) is -0.279. The van der Waals surface area contributed by atoms with E-state index in [0.29, 0.717) is 28.1 Å². The van der Waals surface area contributed by atoms with Crippen molar-refractivity contribution in [2.75, 3.05) is 0 Å². The summed E-state index contributed by atoms with van der Waals surface area (Å²) < 4.78 is 43.0. The maximum absolute atomic E-state index is 12.9. The number of rotatable bonds is 4.